The lowest BCUT2D eigenvalue weighted by Gasteiger charge is -2.34. The summed E-state index contributed by atoms with van der Waals surface area (Å²) < 4.78 is 1.27. The lowest BCUT2D eigenvalue weighted by Crippen LogP contribution is -2.48. The normalized spacial score (nSPS) is 17.0. The van der Waals surface area contributed by atoms with Crippen LogP contribution in [-0.2, 0) is 9.59 Å². The molecule has 9 heteroatoms. The lowest BCUT2D eigenvalue weighted by atomic mass is 10.1. The van der Waals surface area contributed by atoms with Crippen LogP contribution in [0, 0.1) is 13.8 Å². The molecule has 2 aliphatic rings. The van der Waals surface area contributed by atoms with Crippen LogP contribution < -0.4 is 15.1 Å². The number of aromatic nitrogens is 1. The molecule has 5 rings (SSSR count). The highest BCUT2D eigenvalue weighted by Gasteiger charge is 2.30. The Morgan fingerprint density at radius 2 is 1.60 bits per heavy atom. The molecule has 2 fully saturated rings. The smallest absolute Gasteiger partial charge is 0.251 e. The minimum Gasteiger partial charge on any atom is -0.351 e. The molecule has 2 aliphatic heterocycles. The fourth-order valence-electron chi connectivity index (χ4n) is 4.60. The molecule has 1 N–H and O–H groups in total. The van der Waals surface area contributed by atoms with Crippen molar-refractivity contribution < 1.29 is 14.4 Å². The summed E-state index contributed by atoms with van der Waals surface area (Å²) in [5.41, 5.74) is 4.64. The highest BCUT2D eigenvalue weighted by atomic mass is 32.1. The Morgan fingerprint density at radius 1 is 0.943 bits per heavy atom. The van der Waals surface area contributed by atoms with E-state index in [1.54, 1.807) is 35.6 Å². The van der Waals surface area contributed by atoms with Gasteiger partial charge in [-0.15, -0.1) is 0 Å². The minimum atomic E-state index is -0.194. The second-order valence-corrected chi connectivity index (χ2v) is 10.1. The van der Waals surface area contributed by atoms with Crippen LogP contribution in [0.4, 0.5) is 10.8 Å². The van der Waals surface area contributed by atoms with Crippen molar-refractivity contribution >= 4 is 50.1 Å². The molecule has 0 radical (unpaired) electrons. The molecule has 1 aromatic heterocycles. The molecule has 3 heterocycles. The van der Waals surface area contributed by atoms with Crippen LogP contribution in [0.1, 0.15) is 34.3 Å². The standard InChI is InChI=1S/C26H29N5O3S/c1-17-3-4-18(2)24-23(17)28-26(35-24)30-15-13-29(14-16-30)12-11-27-25(34)19-5-7-20(8-6-19)31-21(32)9-10-22(31)33/h3-8H,9-16H2,1-2H3,(H,27,34). The maximum absolute atomic E-state index is 12.5. The Kier molecular flexibility index (Phi) is 6.53. The highest BCUT2D eigenvalue weighted by molar-refractivity contribution is 7.22. The number of nitrogens with one attached hydrogen (secondary N) is 1. The summed E-state index contributed by atoms with van der Waals surface area (Å²) in [7, 11) is 0. The van der Waals surface area contributed by atoms with E-state index < -0.39 is 0 Å². The topological polar surface area (TPSA) is 85.9 Å². The second-order valence-electron chi connectivity index (χ2n) is 9.13. The third-order valence-corrected chi connectivity index (χ3v) is 7.98. The summed E-state index contributed by atoms with van der Waals surface area (Å²) in [5.74, 6) is -0.546. The first kappa shape index (κ1) is 23.4. The number of anilines is 2. The highest BCUT2D eigenvalue weighted by Crippen LogP contribution is 2.33. The largest absolute Gasteiger partial charge is 0.351 e. The molecule has 0 bridgehead atoms. The van der Waals surface area contributed by atoms with E-state index in [4.69, 9.17) is 4.98 Å². The average molecular weight is 492 g/mol. The van der Waals surface area contributed by atoms with Crippen molar-refractivity contribution in [2.24, 2.45) is 0 Å². The molecule has 0 aliphatic carbocycles. The molecule has 0 saturated carbocycles. The zero-order chi connectivity index (χ0) is 24.5. The van der Waals surface area contributed by atoms with Gasteiger partial charge in [0.2, 0.25) is 11.8 Å². The van der Waals surface area contributed by atoms with Gasteiger partial charge in [0, 0.05) is 57.7 Å². The molecule has 2 saturated heterocycles. The zero-order valence-electron chi connectivity index (χ0n) is 20.0. The fourth-order valence-corrected chi connectivity index (χ4v) is 5.77. The van der Waals surface area contributed by atoms with E-state index in [1.165, 1.54) is 20.7 Å². The predicted octanol–water partition coefficient (Wildman–Crippen LogP) is 3.12. The summed E-state index contributed by atoms with van der Waals surface area (Å²) in [6.07, 6.45) is 0.491. The maximum Gasteiger partial charge on any atom is 0.251 e. The molecular formula is C26H29N5O3S. The van der Waals surface area contributed by atoms with E-state index in [-0.39, 0.29) is 30.6 Å². The Morgan fingerprint density at radius 3 is 2.26 bits per heavy atom. The molecule has 0 spiro atoms. The summed E-state index contributed by atoms with van der Waals surface area (Å²) in [6, 6.07) is 10.9. The summed E-state index contributed by atoms with van der Waals surface area (Å²) >= 11 is 1.77. The van der Waals surface area contributed by atoms with E-state index in [2.05, 4.69) is 41.1 Å². The van der Waals surface area contributed by atoms with Gasteiger partial charge in [0.25, 0.3) is 5.91 Å². The van der Waals surface area contributed by atoms with Gasteiger partial charge >= 0.3 is 0 Å². The van der Waals surface area contributed by atoms with Crippen molar-refractivity contribution in [2.75, 3.05) is 49.1 Å². The van der Waals surface area contributed by atoms with Gasteiger partial charge in [-0.3, -0.25) is 24.2 Å². The Bertz CT molecular complexity index is 1220. The molecule has 2 aromatic carbocycles. The molecular weight excluding hydrogens is 462 g/mol. The van der Waals surface area contributed by atoms with Crippen LogP contribution in [-0.4, -0.2) is 66.9 Å². The first-order chi connectivity index (χ1) is 16.9. The van der Waals surface area contributed by atoms with Crippen LogP contribution in [0.3, 0.4) is 0 Å². The summed E-state index contributed by atoms with van der Waals surface area (Å²) in [5, 5.41) is 4.06. The van der Waals surface area contributed by atoms with Crippen molar-refractivity contribution in [1.82, 2.24) is 15.2 Å². The Hall–Kier alpha value is -3.30. The number of aryl methyl sites for hydroxylation is 2. The summed E-state index contributed by atoms with van der Waals surface area (Å²) in [6.45, 7) is 9.28. The van der Waals surface area contributed by atoms with Gasteiger partial charge in [-0.25, -0.2) is 4.98 Å². The molecule has 182 valence electrons. The van der Waals surface area contributed by atoms with Crippen LogP contribution in [0.15, 0.2) is 36.4 Å². The third-order valence-electron chi connectivity index (χ3n) is 6.73. The average Bonchev–Trinajstić information content (AvgIpc) is 3.46. The number of nitrogens with zero attached hydrogens (tertiary/aromatic N) is 4. The molecule has 35 heavy (non-hydrogen) atoms. The molecule has 0 atom stereocenters. The van der Waals surface area contributed by atoms with Gasteiger partial charge in [0.15, 0.2) is 5.13 Å². The van der Waals surface area contributed by atoms with Crippen molar-refractivity contribution in [3.05, 3.63) is 53.1 Å². The van der Waals surface area contributed by atoms with Crippen LogP contribution in [0.25, 0.3) is 10.2 Å². The zero-order valence-corrected chi connectivity index (χ0v) is 20.9. The molecule has 0 unspecified atom stereocenters. The fraction of sp³-hybridized carbons (Fsp3) is 0.385. The van der Waals surface area contributed by atoms with E-state index in [0.717, 1.165) is 43.4 Å². The molecule has 8 nitrogen and oxygen atoms in total. The number of hydrogen-bond donors (Lipinski definition) is 1. The van der Waals surface area contributed by atoms with Gasteiger partial charge in [0.1, 0.15) is 0 Å². The molecule has 3 amide bonds. The number of thiazole rings is 1. The SMILES string of the molecule is Cc1ccc(C)c2sc(N3CCN(CCNC(=O)c4ccc(N5C(=O)CCC5=O)cc4)CC3)nc12. The predicted molar refractivity (Wildman–Crippen MR) is 138 cm³/mol. The number of rotatable bonds is 6. The molecule has 3 aromatic rings. The van der Waals surface area contributed by atoms with Crippen molar-refractivity contribution in [1.29, 1.82) is 0 Å². The number of carbonyl (C=O) groups excluding carboxylic acids is 3. The number of carbonyl (C=O) groups is 3. The Labute approximate surface area is 208 Å². The quantitative estimate of drug-likeness (QED) is 0.534. The van der Waals surface area contributed by atoms with Crippen molar-refractivity contribution in [2.45, 2.75) is 26.7 Å². The van der Waals surface area contributed by atoms with E-state index in [1.807, 2.05) is 0 Å². The summed E-state index contributed by atoms with van der Waals surface area (Å²) in [4.78, 5) is 47.1. The van der Waals surface area contributed by atoms with E-state index >= 15 is 0 Å². The monoisotopic (exact) mass is 491 g/mol. The number of hydrogen-bond acceptors (Lipinski definition) is 7. The first-order valence-corrected chi connectivity index (χ1v) is 12.8. The van der Waals surface area contributed by atoms with Crippen molar-refractivity contribution in [3.63, 3.8) is 0 Å². The van der Waals surface area contributed by atoms with Gasteiger partial charge in [-0.2, -0.15) is 0 Å². The second kappa shape index (κ2) is 9.75. The van der Waals surface area contributed by atoms with Crippen LogP contribution in [0.2, 0.25) is 0 Å². The number of imide groups is 1. The lowest BCUT2D eigenvalue weighted by molar-refractivity contribution is -0.121. The van der Waals surface area contributed by atoms with E-state index in [0.29, 0.717) is 17.8 Å². The number of benzene rings is 2. The van der Waals surface area contributed by atoms with Gasteiger partial charge in [0.05, 0.1) is 15.9 Å². The van der Waals surface area contributed by atoms with Crippen molar-refractivity contribution in [3.8, 4) is 0 Å². The Balaban J connectivity index is 1.09. The maximum atomic E-state index is 12.5. The van der Waals surface area contributed by atoms with E-state index in [9.17, 15) is 14.4 Å². The number of fused-ring (bicyclic) bond motifs is 1. The number of piperazine rings is 1. The van der Waals surface area contributed by atoms with Gasteiger partial charge in [-0.05, 0) is 49.2 Å². The van der Waals surface area contributed by atoms with Crippen LogP contribution in [0.5, 0.6) is 0 Å². The third kappa shape index (κ3) is 4.78. The number of amides is 3. The van der Waals surface area contributed by atoms with Crippen LogP contribution >= 0.6 is 11.3 Å². The van der Waals surface area contributed by atoms with Gasteiger partial charge < -0.3 is 10.2 Å². The minimum absolute atomic E-state index is 0.158. The first-order valence-electron chi connectivity index (χ1n) is 12.0. The van der Waals surface area contributed by atoms with Gasteiger partial charge in [-0.1, -0.05) is 23.5 Å².